The van der Waals surface area contributed by atoms with E-state index in [1.165, 1.54) is 57.8 Å². The van der Waals surface area contributed by atoms with E-state index >= 15 is 0 Å². The summed E-state index contributed by atoms with van der Waals surface area (Å²) < 4.78 is 12.0. The molecule has 5 aliphatic rings. The van der Waals surface area contributed by atoms with Crippen molar-refractivity contribution in [3.8, 4) is 0 Å². The van der Waals surface area contributed by atoms with Crippen LogP contribution in [0.4, 0.5) is 0 Å². The Morgan fingerprint density at radius 1 is 0.769 bits per heavy atom. The summed E-state index contributed by atoms with van der Waals surface area (Å²) in [7, 11) is 0. The van der Waals surface area contributed by atoms with Gasteiger partial charge >= 0.3 is 0 Å². The zero-order valence-corrected chi connectivity index (χ0v) is 17.3. The molecule has 4 aliphatic carbocycles. The summed E-state index contributed by atoms with van der Waals surface area (Å²) in [5, 5.41) is 0. The van der Waals surface area contributed by atoms with Gasteiger partial charge in [0, 0.05) is 0 Å². The van der Waals surface area contributed by atoms with E-state index in [1.807, 2.05) is 0 Å². The number of ether oxygens (including phenoxy) is 2. The van der Waals surface area contributed by atoms with Crippen LogP contribution in [-0.4, -0.2) is 25.9 Å². The molecule has 26 heavy (non-hydrogen) atoms. The zero-order chi connectivity index (χ0) is 17.9. The van der Waals surface area contributed by atoms with Crippen molar-refractivity contribution in [2.45, 2.75) is 84.7 Å². The minimum absolute atomic E-state index is 0.370. The maximum absolute atomic E-state index is 6.21. The molecule has 148 valence electrons. The van der Waals surface area contributed by atoms with Crippen molar-refractivity contribution in [3.63, 3.8) is 0 Å². The predicted molar refractivity (Wildman–Crippen MR) is 105 cm³/mol. The van der Waals surface area contributed by atoms with Crippen LogP contribution in [0, 0.1) is 46.3 Å². The van der Waals surface area contributed by atoms with Crippen LogP contribution in [0.5, 0.6) is 0 Å². The standard InChI is InChI=1S/C24H40O2/c1-16-14-17-19-7-8-21(22-15-25-12-13-26-22)24(19,3)11-9-20(17)23(2)10-5-4-6-18(16)23/h16-22H,4-15H2,1-3H3/t16-,17+,18-,19+,20+,21-,22?,23+,24+/m1/s1. The Hall–Kier alpha value is -0.0800. The van der Waals surface area contributed by atoms with Gasteiger partial charge in [0.25, 0.3) is 0 Å². The van der Waals surface area contributed by atoms with Gasteiger partial charge in [-0.25, -0.2) is 0 Å². The molecule has 4 saturated carbocycles. The minimum atomic E-state index is 0.370. The Morgan fingerprint density at radius 2 is 1.54 bits per heavy atom. The first-order chi connectivity index (χ1) is 12.5. The summed E-state index contributed by atoms with van der Waals surface area (Å²) in [5.41, 5.74) is 1.15. The molecule has 0 bridgehead atoms. The molecule has 0 aromatic heterocycles. The lowest BCUT2D eigenvalue weighted by molar-refractivity contribution is -0.161. The molecule has 0 amide bonds. The molecule has 9 atom stereocenters. The highest BCUT2D eigenvalue weighted by Crippen LogP contribution is 2.68. The van der Waals surface area contributed by atoms with Gasteiger partial charge in [-0.3, -0.25) is 0 Å². The lowest BCUT2D eigenvalue weighted by Gasteiger charge is -2.62. The quantitative estimate of drug-likeness (QED) is 0.597. The molecule has 1 aliphatic heterocycles. The highest BCUT2D eigenvalue weighted by molar-refractivity contribution is 5.10. The van der Waals surface area contributed by atoms with Crippen LogP contribution < -0.4 is 0 Å². The smallest absolute Gasteiger partial charge is 0.0843 e. The minimum Gasteiger partial charge on any atom is -0.376 e. The summed E-state index contributed by atoms with van der Waals surface area (Å²) in [6.45, 7) is 10.4. The van der Waals surface area contributed by atoms with Gasteiger partial charge in [-0.15, -0.1) is 0 Å². The first kappa shape index (κ1) is 18.0. The van der Waals surface area contributed by atoms with Crippen molar-refractivity contribution in [2.75, 3.05) is 19.8 Å². The van der Waals surface area contributed by atoms with Gasteiger partial charge in [0.15, 0.2) is 0 Å². The van der Waals surface area contributed by atoms with Crippen LogP contribution in [0.15, 0.2) is 0 Å². The average molecular weight is 361 g/mol. The van der Waals surface area contributed by atoms with E-state index in [9.17, 15) is 0 Å². The average Bonchev–Trinajstić information content (AvgIpc) is 3.00. The molecular weight excluding hydrogens is 320 g/mol. The van der Waals surface area contributed by atoms with Gasteiger partial charge in [-0.2, -0.15) is 0 Å². The van der Waals surface area contributed by atoms with E-state index in [2.05, 4.69) is 20.8 Å². The van der Waals surface area contributed by atoms with Gasteiger partial charge < -0.3 is 9.47 Å². The zero-order valence-electron chi connectivity index (χ0n) is 17.3. The van der Waals surface area contributed by atoms with E-state index in [0.29, 0.717) is 16.9 Å². The van der Waals surface area contributed by atoms with Crippen LogP contribution in [0.3, 0.4) is 0 Å². The molecule has 1 unspecified atom stereocenters. The van der Waals surface area contributed by atoms with Crippen molar-refractivity contribution in [1.29, 1.82) is 0 Å². The second kappa shape index (κ2) is 6.48. The summed E-state index contributed by atoms with van der Waals surface area (Å²) in [6, 6.07) is 0. The summed E-state index contributed by atoms with van der Waals surface area (Å²) in [5.74, 6) is 5.62. The van der Waals surface area contributed by atoms with E-state index in [0.717, 1.165) is 55.3 Å². The maximum Gasteiger partial charge on any atom is 0.0843 e. The van der Waals surface area contributed by atoms with Crippen LogP contribution in [0.25, 0.3) is 0 Å². The highest BCUT2D eigenvalue weighted by Gasteiger charge is 2.61. The van der Waals surface area contributed by atoms with Crippen molar-refractivity contribution in [2.24, 2.45) is 46.3 Å². The van der Waals surface area contributed by atoms with E-state index < -0.39 is 0 Å². The van der Waals surface area contributed by atoms with E-state index in [1.54, 1.807) is 0 Å². The molecule has 0 aromatic rings. The van der Waals surface area contributed by atoms with Gasteiger partial charge in [-0.05, 0) is 91.3 Å². The van der Waals surface area contributed by atoms with Crippen molar-refractivity contribution < 1.29 is 9.47 Å². The first-order valence-corrected chi connectivity index (χ1v) is 11.7. The van der Waals surface area contributed by atoms with Crippen LogP contribution >= 0.6 is 0 Å². The van der Waals surface area contributed by atoms with Gasteiger partial charge in [-0.1, -0.05) is 33.6 Å². The number of hydrogen-bond donors (Lipinski definition) is 0. The Balaban J connectivity index is 1.41. The Morgan fingerprint density at radius 3 is 2.35 bits per heavy atom. The molecule has 1 heterocycles. The van der Waals surface area contributed by atoms with Gasteiger partial charge in [0.2, 0.25) is 0 Å². The molecule has 2 heteroatoms. The van der Waals surface area contributed by atoms with Crippen molar-refractivity contribution in [1.82, 2.24) is 0 Å². The second-order valence-electron chi connectivity index (χ2n) is 11.2. The first-order valence-electron chi connectivity index (χ1n) is 11.7. The van der Waals surface area contributed by atoms with Crippen molar-refractivity contribution in [3.05, 3.63) is 0 Å². The van der Waals surface area contributed by atoms with Crippen molar-refractivity contribution >= 4 is 0 Å². The second-order valence-corrected chi connectivity index (χ2v) is 11.2. The molecule has 2 nitrogen and oxygen atoms in total. The number of hydrogen-bond acceptors (Lipinski definition) is 2. The maximum atomic E-state index is 6.21. The van der Waals surface area contributed by atoms with Crippen LogP contribution in [0.2, 0.25) is 0 Å². The largest absolute Gasteiger partial charge is 0.376 e. The van der Waals surface area contributed by atoms with E-state index in [-0.39, 0.29) is 0 Å². The molecule has 1 saturated heterocycles. The molecule has 0 radical (unpaired) electrons. The van der Waals surface area contributed by atoms with Crippen LogP contribution in [0.1, 0.15) is 78.6 Å². The monoisotopic (exact) mass is 360 g/mol. The lowest BCUT2D eigenvalue weighted by Crippen LogP contribution is -2.56. The third-order valence-electron chi connectivity index (χ3n) is 10.3. The fraction of sp³-hybridized carbons (Fsp3) is 1.00. The normalized spacial score (nSPS) is 57.1. The topological polar surface area (TPSA) is 18.5 Å². The molecule has 0 aromatic carbocycles. The summed E-state index contributed by atoms with van der Waals surface area (Å²) >= 11 is 0. The van der Waals surface area contributed by atoms with Gasteiger partial charge in [0.05, 0.1) is 25.9 Å². The van der Waals surface area contributed by atoms with E-state index in [4.69, 9.17) is 9.47 Å². The predicted octanol–water partition coefficient (Wildman–Crippen LogP) is 5.70. The lowest BCUT2D eigenvalue weighted by atomic mass is 9.43. The Bertz CT molecular complexity index is 526. The molecule has 0 N–H and O–H groups in total. The third kappa shape index (κ3) is 2.50. The molecule has 5 rings (SSSR count). The molecular formula is C24H40O2. The van der Waals surface area contributed by atoms with Gasteiger partial charge in [0.1, 0.15) is 0 Å². The fourth-order valence-electron chi connectivity index (χ4n) is 9.20. The highest BCUT2D eigenvalue weighted by atomic mass is 16.6. The molecule has 0 spiro atoms. The Labute approximate surface area is 160 Å². The third-order valence-corrected chi connectivity index (χ3v) is 10.3. The summed E-state index contributed by atoms with van der Waals surface area (Å²) in [6.07, 6.45) is 13.7. The molecule has 5 fully saturated rings. The van der Waals surface area contributed by atoms with Crippen LogP contribution in [-0.2, 0) is 9.47 Å². The summed E-state index contributed by atoms with van der Waals surface area (Å²) in [4.78, 5) is 0. The number of rotatable bonds is 1. The number of fused-ring (bicyclic) bond motifs is 5. The fourth-order valence-corrected chi connectivity index (χ4v) is 9.20. The SMILES string of the molecule is C[C@@H]1C[C@@H]2[C@H](CC[C@]3(C)[C@@H](C4COCCO4)CC[C@@H]23)[C@@]2(C)CCCC[C@H]12. The Kier molecular flexibility index (Phi) is 4.48.